The highest BCUT2D eigenvalue weighted by atomic mass is 16.5. The van der Waals surface area contributed by atoms with E-state index >= 15 is 0 Å². The zero-order valence-corrected chi connectivity index (χ0v) is 13.2. The van der Waals surface area contributed by atoms with Crippen molar-refractivity contribution in [3.8, 4) is 5.75 Å². The van der Waals surface area contributed by atoms with E-state index < -0.39 is 0 Å². The van der Waals surface area contributed by atoms with Crippen molar-refractivity contribution in [1.29, 1.82) is 0 Å². The molecule has 0 atom stereocenters. The predicted octanol–water partition coefficient (Wildman–Crippen LogP) is 2.30. The van der Waals surface area contributed by atoms with E-state index in [1.807, 2.05) is 11.8 Å². The van der Waals surface area contributed by atoms with E-state index in [2.05, 4.69) is 0 Å². The van der Waals surface area contributed by atoms with Gasteiger partial charge in [0, 0.05) is 32.2 Å². The third-order valence-electron chi connectivity index (χ3n) is 3.99. The summed E-state index contributed by atoms with van der Waals surface area (Å²) in [6, 6.07) is 6.92. The van der Waals surface area contributed by atoms with Gasteiger partial charge >= 0.3 is 0 Å². The van der Waals surface area contributed by atoms with Crippen molar-refractivity contribution in [2.75, 3.05) is 26.8 Å². The second-order valence-electron chi connectivity index (χ2n) is 5.41. The molecule has 1 heterocycles. The lowest BCUT2D eigenvalue weighted by Crippen LogP contribution is -2.42. The Hall–Kier alpha value is -1.88. The first kappa shape index (κ1) is 16.5. The molecule has 0 radical (unpaired) electrons. The van der Waals surface area contributed by atoms with Crippen LogP contribution in [0.1, 0.15) is 36.5 Å². The largest absolute Gasteiger partial charge is 0.484 e. The van der Waals surface area contributed by atoms with Gasteiger partial charge in [0.05, 0.1) is 6.10 Å². The number of likely N-dealkylation sites (tertiary alicyclic amines) is 1. The highest BCUT2D eigenvalue weighted by Gasteiger charge is 2.22. The fourth-order valence-corrected chi connectivity index (χ4v) is 2.52. The summed E-state index contributed by atoms with van der Waals surface area (Å²) in [4.78, 5) is 25.4. The minimum atomic E-state index is -0.0109. The molecule has 0 bridgehead atoms. The Morgan fingerprint density at radius 2 is 1.82 bits per heavy atom. The Balaban J connectivity index is 1.80. The van der Waals surface area contributed by atoms with Crippen LogP contribution in [0.25, 0.3) is 0 Å². The molecule has 0 aliphatic carbocycles. The molecule has 1 amide bonds. The molecule has 1 saturated heterocycles. The van der Waals surface area contributed by atoms with Gasteiger partial charge in [-0.05, 0) is 37.1 Å². The number of ether oxygens (including phenoxy) is 2. The molecule has 0 saturated carbocycles. The smallest absolute Gasteiger partial charge is 0.260 e. The molecule has 1 aliphatic heterocycles. The molecule has 5 nitrogen and oxygen atoms in total. The molecular weight excluding hydrogens is 282 g/mol. The lowest BCUT2D eigenvalue weighted by Gasteiger charge is -2.31. The lowest BCUT2D eigenvalue weighted by molar-refractivity contribution is -0.135. The second kappa shape index (κ2) is 7.94. The molecule has 0 aromatic heterocycles. The van der Waals surface area contributed by atoms with Crippen molar-refractivity contribution >= 4 is 11.7 Å². The third kappa shape index (κ3) is 4.31. The highest BCUT2D eigenvalue weighted by Crippen LogP contribution is 2.15. The standard InChI is InChI=1S/C17H23NO4/c1-3-16(19)13-4-6-15(7-5-13)22-12-17(20)18-10-8-14(21-2)9-11-18/h4-7,14H,3,8-12H2,1-2H3. The molecule has 1 aromatic rings. The fourth-order valence-electron chi connectivity index (χ4n) is 2.52. The fraction of sp³-hybridized carbons (Fsp3) is 0.529. The van der Waals surface area contributed by atoms with Gasteiger partial charge in [0.1, 0.15) is 5.75 Å². The molecule has 1 fully saturated rings. The number of hydrogen-bond acceptors (Lipinski definition) is 4. The number of carbonyl (C=O) groups excluding carboxylic acids is 2. The Kier molecular flexibility index (Phi) is 5.95. The highest BCUT2D eigenvalue weighted by molar-refractivity contribution is 5.95. The van der Waals surface area contributed by atoms with Crippen LogP contribution < -0.4 is 4.74 Å². The Bertz CT molecular complexity index is 504. The van der Waals surface area contributed by atoms with Gasteiger partial charge in [0.15, 0.2) is 12.4 Å². The first-order valence-electron chi connectivity index (χ1n) is 7.70. The van der Waals surface area contributed by atoms with Gasteiger partial charge in [0.2, 0.25) is 0 Å². The minimum Gasteiger partial charge on any atom is -0.484 e. The van der Waals surface area contributed by atoms with Gasteiger partial charge in [-0.3, -0.25) is 9.59 Å². The Labute approximate surface area is 131 Å². The average Bonchev–Trinajstić information content (AvgIpc) is 2.59. The number of benzene rings is 1. The summed E-state index contributed by atoms with van der Waals surface area (Å²) < 4.78 is 10.8. The van der Waals surface area contributed by atoms with Crippen molar-refractivity contribution in [1.82, 2.24) is 4.90 Å². The Morgan fingerprint density at radius 3 is 2.36 bits per heavy atom. The number of amides is 1. The van der Waals surface area contributed by atoms with Crippen molar-refractivity contribution in [3.05, 3.63) is 29.8 Å². The van der Waals surface area contributed by atoms with E-state index in [1.54, 1.807) is 31.4 Å². The van der Waals surface area contributed by atoms with Crippen molar-refractivity contribution in [3.63, 3.8) is 0 Å². The van der Waals surface area contributed by atoms with E-state index in [9.17, 15) is 9.59 Å². The van der Waals surface area contributed by atoms with Gasteiger partial charge in [-0.25, -0.2) is 0 Å². The molecule has 120 valence electrons. The molecule has 0 unspecified atom stereocenters. The van der Waals surface area contributed by atoms with E-state index in [1.165, 1.54) is 0 Å². The quantitative estimate of drug-likeness (QED) is 0.757. The van der Waals surface area contributed by atoms with E-state index in [4.69, 9.17) is 9.47 Å². The zero-order valence-electron chi connectivity index (χ0n) is 13.2. The van der Waals surface area contributed by atoms with E-state index in [0.717, 1.165) is 12.8 Å². The zero-order chi connectivity index (χ0) is 15.9. The van der Waals surface area contributed by atoms with Crippen LogP contribution in [0.3, 0.4) is 0 Å². The van der Waals surface area contributed by atoms with Crippen LogP contribution >= 0.6 is 0 Å². The van der Waals surface area contributed by atoms with E-state index in [-0.39, 0.29) is 24.4 Å². The van der Waals surface area contributed by atoms with Crippen LogP contribution in [-0.4, -0.2) is 49.5 Å². The number of piperidine rings is 1. The number of nitrogens with zero attached hydrogens (tertiary/aromatic N) is 1. The number of Topliss-reactive ketones (excluding diaryl/α,β-unsaturated/α-hetero) is 1. The van der Waals surface area contributed by atoms with Crippen LogP contribution in [0.2, 0.25) is 0 Å². The lowest BCUT2D eigenvalue weighted by atomic mass is 10.1. The Morgan fingerprint density at radius 1 is 1.18 bits per heavy atom. The number of methoxy groups -OCH3 is 1. The number of carbonyl (C=O) groups is 2. The summed E-state index contributed by atoms with van der Waals surface area (Å²) in [5, 5.41) is 0. The maximum atomic E-state index is 12.1. The summed E-state index contributed by atoms with van der Waals surface area (Å²) in [5.41, 5.74) is 0.669. The van der Waals surface area contributed by atoms with Crippen LogP contribution in [0, 0.1) is 0 Å². The summed E-state index contributed by atoms with van der Waals surface area (Å²) in [7, 11) is 1.71. The number of hydrogen-bond donors (Lipinski definition) is 0. The van der Waals surface area contributed by atoms with Crippen molar-refractivity contribution < 1.29 is 19.1 Å². The molecule has 5 heteroatoms. The maximum absolute atomic E-state index is 12.1. The van der Waals surface area contributed by atoms with Gasteiger partial charge < -0.3 is 14.4 Å². The predicted molar refractivity (Wildman–Crippen MR) is 83.2 cm³/mol. The number of ketones is 1. The topological polar surface area (TPSA) is 55.8 Å². The normalized spacial score (nSPS) is 15.6. The summed E-state index contributed by atoms with van der Waals surface area (Å²) >= 11 is 0. The van der Waals surface area contributed by atoms with Gasteiger partial charge in [-0.2, -0.15) is 0 Å². The maximum Gasteiger partial charge on any atom is 0.260 e. The second-order valence-corrected chi connectivity index (χ2v) is 5.41. The van der Waals surface area contributed by atoms with Crippen LogP contribution in [0.4, 0.5) is 0 Å². The minimum absolute atomic E-state index is 0.0109. The first-order chi connectivity index (χ1) is 10.6. The van der Waals surface area contributed by atoms with Gasteiger partial charge in [-0.15, -0.1) is 0 Å². The molecule has 22 heavy (non-hydrogen) atoms. The SMILES string of the molecule is CCC(=O)c1ccc(OCC(=O)N2CCC(OC)CC2)cc1. The van der Waals surface area contributed by atoms with Crippen LogP contribution in [0.5, 0.6) is 5.75 Å². The molecule has 2 rings (SSSR count). The average molecular weight is 305 g/mol. The summed E-state index contributed by atoms with van der Waals surface area (Å²) in [5.74, 6) is 0.694. The monoisotopic (exact) mass is 305 g/mol. The van der Waals surface area contributed by atoms with Crippen LogP contribution in [-0.2, 0) is 9.53 Å². The molecule has 1 aliphatic rings. The summed E-state index contributed by atoms with van der Waals surface area (Å²) in [6.45, 7) is 3.28. The van der Waals surface area contributed by atoms with Gasteiger partial charge in [0.25, 0.3) is 5.91 Å². The molecular formula is C17H23NO4. The molecule has 0 spiro atoms. The van der Waals surface area contributed by atoms with Gasteiger partial charge in [-0.1, -0.05) is 6.92 Å². The van der Waals surface area contributed by atoms with Crippen molar-refractivity contribution in [2.45, 2.75) is 32.3 Å². The third-order valence-corrected chi connectivity index (χ3v) is 3.99. The summed E-state index contributed by atoms with van der Waals surface area (Å²) in [6.07, 6.45) is 2.48. The molecule has 1 aromatic carbocycles. The first-order valence-corrected chi connectivity index (χ1v) is 7.70. The molecule has 0 N–H and O–H groups in total. The number of rotatable bonds is 6. The van der Waals surface area contributed by atoms with E-state index in [0.29, 0.717) is 30.8 Å². The van der Waals surface area contributed by atoms with Crippen molar-refractivity contribution in [2.24, 2.45) is 0 Å². The van der Waals surface area contributed by atoms with Crippen LogP contribution in [0.15, 0.2) is 24.3 Å².